The molecule has 0 aliphatic rings. The van der Waals surface area contributed by atoms with E-state index >= 15 is 0 Å². The summed E-state index contributed by atoms with van der Waals surface area (Å²) in [5.74, 6) is 0. The van der Waals surface area contributed by atoms with Gasteiger partial charge in [-0.15, -0.1) is 0 Å². The molecule has 0 nitrogen and oxygen atoms in total. The Kier molecular flexibility index (Phi) is 6.13. The van der Waals surface area contributed by atoms with Crippen LogP contribution < -0.4 is 0 Å². The van der Waals surface area contributed by atoms with Gasteiger partial charge in [0.05, 0.1) is 0 Å². The first-order valence-corrected chi connectivity index (χ1v) is 11.4. The molecule has 4 aromatic rings. The predicted octanol–water partition coefficient (Wildman–Crippen LogP) is 8.58. The molecule has 0 N–H and O–H groups in total. The summed E-state index contributed by atoms with van der Waals surface area (Å²) >= 11 is 3.64. The van der Waals surface area contributed by atoms with Crippen molar-refractivity contribution < 1.29 is 0 Å². The summed E-state index contributed by atoms with van der Waals surface area (Å²) in [5.41, 5.74) is 6.46. The van der Waals surface area contributed by atoms with Gasteiger partial charge in [-0.1, -0.05) is 77.1 Å². The van der Waals surface area contributed by atoms with Crippen LogP contribution in [-0.2, 0) is 0 Å². The lowest BCUT2D eigenvalue weighted by atomic mass is 10.0. The van der Waals surface area contributed by atoms with Crippen LogP contribution in [0.25, 0.3) is 11.1 Å². The Morgan fingerprint density at radius 1 is 0.483 bits per heavy atom. The molecule has 0 heterocycles. The standard InChI is InChI=1S/C27H24S2/c1-19-10-13-23(14-11-19)28-26-15-12-21(3)27(18-26)22-7-5-9-25(17-22)29-24-8-4-6-20(2)16-24/h4-18H,1-3H3. The van der Waals surface area contributed by atoms with Gasteiger partial charge in [0.25, 0.3) is 0 Å². The Morgan fingerprint density at radius 3 is 1.86 bits per heavy atom. The van der Waals surface area contributed by atoms with Gasteiger partial charge in [-0.3, -0.25) is 0 Å². The lowest BCUT2D eigenvalue weighted by molar-refractivity contribution is 1.33. The first-order chi connectivity index (χ1) is 14.1. The average Bonchev–Trinajstić information content (AvgIpc) is 2.71. The predicted molar refractivity (Wildman–Crippen MR) is 127 cm³/mol. The lowest BCUT2D eigenvalue weighted by Crippen LogP contribution is -1.86. The fourth-order valence-corrected chi connectivity index (χ4v) is 5.11. The van der Waals surface area contributed by atoms with E-state index in [4.69, 9.17) is 0 Å². The zero-order chi connectivity index (χ0) is 20.2. The lowest BCUT2D eigenvalue weighted by Gasteiger charge is -2.11. The molecule has 0 aliphatic heterocycles. The summed E-state index contributed by atoms with van der Waals surface area (Å²) in [6, 6.07) is 33.0. The monoisotopic (exact) mass is 412 g/mol. The van der Waals surface area contributed by atoms with Crippen molar-refractivity contribution in [2.75, 3.05) is 0 Å². The molecule has 2 heteroatoms. The molecule has 4 rings (SSSR count). The molecular formula is C27H24S2. The number of aryl methyl sites for hydroxylation is 3. The van der Waals surface area contributed by atoms with Gasteiger partial charge in [0.1, 0.15) is 0 Å². The minimum atomic E-state index is 1.27. The molecule has 0 unspecified atom stereocenters. The van der Waals surface area contributed by atoms with Crippen molar-refractivity contribution in [2.24, 2.45) is 0 Å². The van der Waals surface area contributed by atoms with Gasteiger partial charge in [0, 0.05) is 19.6 Å². The number of hydrogen-bond donors (Lipinski definition) is 0. The molecule has 0 radical (unpaired) electrons. The van der Waals surface area contributed by atoms with E-state index < -0.39 is 0 Å². The van der Waals surface area contributed by atoms with Crippen LogP contribution in [0.4, 0.5) is 0 Å². The van der Waals surface area contributed by atoms with Gasteiger partial charge in [0.15, 0.2) is 0 Å². The highest BCUT2D eigenvalue weighted by Gasteiger charge is 2.07. The van der Waals surface area contributed by atoms with Crippen LogP contribution in [0.1, 0.15) is 16.7 Å². The first kappa shape index (κ1) is 19.9. The normalized spacial score (nSPS) is 10.9. The Bertz CT molecular complexity index is 1130. The molecule has 4 aromatic carbocycles. The van der Waals surface area contributed by atoms with Crippen molar-refractivity contribution in [3.05, 3.63) is 108 Å². The van der Waals surface area contributed by atoms with Crippen molar-refractivity contribution in [1.29, 1.82) is 0 Å². The summed E-state index contributed by atoms with van der Waals surface area (Å²) in [4.78, 5) is 5.09. The quantitative estimate of drug-likeness (QED) is 0.322. The summed E-state index contributed by atoms with van der Waals surface area (Å²) in [5, 5.41) is 0. The van der Waals surface area contributed by atoms with E-state index in [-0.39, 0.29) is 0 Å². The van der Waals surface area contributed by atoms with E-state index in [1.165, 1.54) is 47.4 Å². The Balaban J connectivity index is 1.61. The van der Waals surface area contributed by atoms with Gasteiger partial charge in [0.2, 0.25) is 0 Å². The van der Waals surface area contributed by atoms with Crippen molar-refractivity contribution in [3.8, 4) is 11.1 Å². The minimum Gasteiger partial charge on any atom is -0.0901 e. The molecular weight excluding hydrogens is 388 g/mol. The van der Waals surface area contributed by atoms with Crippen molar-refractivity contribution in [1.82, 2.24) is 0 Å². The van der Waals surface area contributed by atoms with Crippen LogP contribution in [-0.4, -0.2) is 0 Å². The van der Waals surface area contributed by atoms with E-state index in [1.54, 1.807) is 0 Å². The second kappa shape index (κ2) is 8.94. The fraction of sp³-hybridized carbons (Fsp3) is 0.111. The Labute approximate surface area is 182 Å². The Hall–Kier alpha value is -2.42. The average molecular weight is 413 g/mol. The molecule has 29 heavy (non-hydrogen) atoms. The maximum absolute atomic E-state index is 2.32. The third-order valence-corrected chi connectivity index (χ3v) is 6.81. The molecule has 0 fully saturated rings. The summed E-state index contributed by atoms with van der Waals surface area (Å²) < 4.78 is 0. The minimum absolute atomic E-state index is 1.27. The van der Waals surface area contributed by atoms with Crippen molar-refractivity contribution in [2.45, 2.75) is 40.4 Å². The highest BCUT2D eigenvalue weighted by molar-refractivity contribution is 7.99. The van der Waals surface area contributed by atoms with Crippen LogP contribution in [0.5, 0.6) is 0 Å². The smallest absolute Gasteiger partial charge is 0.0128 e. The van der Waals surface area contributed by atoms with Gasteiger partial charge >= 0.3 is 0 Å². The van der Waals surface area contributed by atoms with Crippen LogP contribution in [0.15, 0.2) is 111 Å². The molecule has 0 spiro atoms. The molecule has 0 saturated heterocycles. The molecule has 0 aromatic heterocycles. The number of rotatable bonds is 5. The van der Waals surface area contributed by atoms with E-state index in [2.05, 4.69) is 112 Å². The highest BCUT2D eigenvalue weighted by atomic mass is 32.2. The molecule has 0 amide bonds. The topological polar surface area (TPSA) is 0 Å². The molecule has 0 saturated carbocycles. The zero-order valence-electron chi connectivity index (χ0n) is 17.0. The second-order valence-electron chi connectivity index (χ2n) is 7.34. The van der Waals surface area contributed by atoms with Crippen LogP contribution in [0.2, 0.25) is 0 Å². The molecule has 144 valence electrons. The van der Waals surface area contributed by atoms with Gasteiger partial charge < -0.3 is 0 Å². The number of hydrogen-bond acceptors (Lipinski definition) is 2. The van der Waals surface area contributed by atoms with Crippen LogP contribution >= 0.6 is 23.5 Å². The number of benzene rings is 4. The maximum Gasteiger partial charge on any atom is 0.0128 e. The molecule has 0 bridgehead atoms. The summed E-state index contributed by atoms with van der Waals surface area (Å²) in [6.45, 7) is 6.46. The first-order valence-electron chi connectivity index (χ1n) is 9.77. The largest absolute Gasteiger partial charge is 0.0901 e. The second-order valence-corrected chi connectivity index (χ2v) is 9.63. The Morgan fingerprint density at radius 2 is 1.10 bits per heavy atom. The van der Waals surface area contributed by atoms with Crippen LogP contribution in [0.3, 0.4) is 0 Å². The van der Waals surface area contributed by atoms with E-state index in [1.807, 2.05) is 23.5 Å². The SMILES string of the molecule is Cc1ccc(Sc2ccc(C)c(-c3cccc(Sc4cccc(C)c4)c3)c2)cc1. The van der Waals surface area contributed by atoms with E-state index in [0.29, 0.717) is 0 Å². The van der Waals surface area contributed by atoms with Crippen molar-refractivity contribution in [3.63, 3.8) is 0 Å². The third-order valence-electron chi connectivity index (χ3n) is 4.84. The van der Waals surface area contributed by atoms with Gasteiger partial charge in [-0.25, -0.2) is 0 Å². The van der Waals surface area contributed by atoms with E-state index in [9.17, 15) is 0 Å². The third kappa shape index (κ3) is 5.14. The van der Waals surface area contributed by atoms with E-state index in [0.717, 1.165) is 0 Å². The van der Waals surface area contributed by atoms with Gasteiger partial charge in [-0.2, -0.15) is 0 Å². The van der Waals surface area contributed by atoms with Gasteiger partial charge in [-0.05, 0) is 86.0 Å². The van der Waals surface area contributed by atoms with Crippen molar-refractivity contribution >= 4 is 23.5 Å². The maximum atomic E-state index is 2.32. The fourth-order valence-electron chi connectivity index (χ4n) is 3.26. The zero-order valence-corrected chi connectivity index (χ0v) is 18.6. The summed E-state index contributed by atoms with van der Waals surface area (Å²) in [7, 11) is 0. The van der Waals surface area contributed by atoms with Crippen LogP contribution in [0, 0.1) is 20.8 Å². The molecule has 0 aliphatic carbocycles. The summed E-state index contributed by atoms with van der Waals surface area (Å²) in [6.07, 6.45) is 0. The molecule has 0 atom stereocenters. The highest BCUT2D eigenvalue weighted by Crippen LogP contribution is 2.35.